The average Bonchev–Trinajstić information content (AvgIpc) is 2.94. The number of rotatable bonds is 6. The van der Waals surface area contributed by atoms with Gasteiger partial charge in [0.2, 0.25) is 0 Å². The number of esters is 2. The maximum Gasteiger partial charge on any atom is 0.348 e. The van der Waals surface area contributed by atoms with Crippen LogP contribution in [0.25, 0.3) is 0 Å². The fourth-order valence-corrected chi connectivity index (χ4v) is 3.80. The summed E-state index contributed by atoms with van der Waals surface area (Å²) in [7, 11) is 0. The van der Waals surface area contributed by atoms with E-state index in [0.717, 1.165) is 16.9 Å². The third-order valence-corrected chi connectivity index (χ3v) is 5.08. The Bertz CT molecular complexity index is 912. The molecule has 1 aromatic heterocycles. The molecule has 0 unspecified atom stereocenters. The molecule has 0 saturated heterocycles. The zero-order chi connectivity index (χ0) is 20.8. The van der Waals surface area contributed by atoms with Crippen LogP contribution in [0.4, 0.5) is 15.1 Å². The number of hydrogen-bond donors (Lipinski definition) is 2. The number of anilines is 2. The Balaban J connectivity index is 2.33. The maximum atomic E-state index is 14.0. The fraction of sp³-hybridized carbons (Fsp3) is 0.316. The van der Waals surface area contributed by atoms with Crippen molar-refractivity contribution in [3.63, 3.8) is 0 Å². The number of halogens is 1. The van der Waals surface area contributed by atoms with Crippen LogP contribution < -0.4 is 10.6 Å². The SMILES string of the molecule is CCOC(=O)c1sc(NC(=S)Nc2cc(C)ccc2F)c(C(=O)OCC)c1C. The Hall–Kier alpha value is -2.52. The van der Waals surface area contributed by atoms with Crippen LogP contribution in [0.1, 0.15) is 45.0 Å². The molecular formula is C19H21FN2O4S2. The maximum absolute atomic E-state index is 14.0. The summed E-state index contributed by atoms with van der Waals surface area (Å²) in [5.41, 5.74) is 1.70. The van der Waals surface area contributed by atoms with E-state index in [2.05, 4.69) is 10.6 Å². The van der Waals surface area contributed by atoms with E-state index in [-0.39, 0.29) is 34.5 Å². The second kappa shape index (κ2) is 9.61. The lowest BCUT2D eigenvalue weighted by Gasteiger charge is -2.12. The quantitative estimate of drug-likeness (QED) is 0.516. The van der Waals surface area contributed by atoms with Crippen molar-refractivity contribution in [1.29, 1.82) is 0 Å². The molecule has 0 aliphatic rings. The van der Waals surface area contributed by atoms with E-state index in [1.165, 1.54) is 6.07 Å². The number of benzene rings is 1. The van der Waals surface area contributed by atoms with Gasteiger partial charge >= 0.3 is 11.9 Å². The van der Waals surface area contributed by atoms with Crippen molar-refractivity contribution in [2.24, 2.45) is 0 Å². The van der Waals surface area contributed by atoms with E-state index in [9.17, 15) is 14.0 Å². The number of thiophene rings is 1. The smallest absolute Gasteiger partial charge is 0.348 e. The monoisotopic (exact) mass is 424 g/mol. The number of nitrogens with one attached hydrogen (secondary N) is 2. The highest BCUT2D eigenvalue weighted by Crippen LogP contribution is 2.34. The summed E-state index contributed by atoms with van der Waals surface area (Å²) in [6.45, 7) is 7.23. The zero-order valence-corrected chi connectivity index (χ0v) is 17.6. The van der Waals surface area contributed by atoms with Crippen molar-refractivity contribution in [3.8, 4) is 0 Å². The van der Waals surface area contributed by atoms with Gasteiger partial charge in [0.05, 0.1) is 24.5 Å². The minimum absolute atomic E-state index is 0.0757. The van der Waals surface area contributed by atoms with Crippen LogP contribution in [0.3, 0.4) is 0 Å². The molecule has 0 radical (unpaired) electrons. The topological polar surface area (TPSA) is 76.7 Å². The summed E-state index contributed by atoms with van der Waals surface area (Å²) in [6, 6.07) is 4.59. The molecule has 2 N–H and O–H groups in total. The summed E-state index contributed by atoms with van der Waals surface area (Å²) < 4.78 is 24.1. The van der Waals surface area contributed by atoms with Gasteiger partial charge in [-0.3, -0.25) is 0 Å². The van der Waals surface area contributed by atoms with Gasteiger partial charge in [-0.05, 0) is 63.2 Å². The molecule has 0 atom stereocenters. The number of aryl methyl sites for hydroxylation is 1. The van der Waals surface area contributed by atoms with Crippen LogP contribution in [-0.2, 0) is 9.47 Å². The number of hydrogen-bond acceptors (Lipinski definition) is 6. The molecule has 9 heteroatoms. The van der Waals surface area contributed by atoms with Gasteiger partial charge in [-0.15, -0.1) is 11.3 Å². The summed E-state index contributed by atoms with van der Waals surface area (Å²) in [6.07, 6.45) is 0. The molecule has 0 fully saturated rings. The lowest BCUT2D eigenvalue weighted by atomic mass is 10.1. The third-order valence-electron chi connectivity index (χ3n) is 3.68. The first kappa shape index (κ1) is 21.8. The van der Waals surface area contributed by atoms with Crippen molar-refractivity contribution in [2.75, 3.05) is 23.8 Å². The van der Waals surface area contributed by atoms with E-state index in [0.29, 0.717) is 10.6 Å². The standard InChI is InChI=1S/C19H21FN2O4S2/c1-5-25-17(23)14-11(4)15(18(24)26-6-2)28-16(14)22-19(27)21-13-9-10(3)7-8-12(13)20/h7-9H,5-6H2,1-4H3,(H2,21,22,27). The van der Waals surface area contributed by atoms with Crippen LogP contribution >= 0.6 is 23.6 Å². The third kappa shape index (κ3) is 5.05. The van der Waals surface area contributed by atoms with E-state index < -0.39 is 17.8 Å². The molecular weight excluding hydrogens is 403 g/mol. The molecule has 2 rings (SSSR count). The van der Waals surface area contributed by atoms with E-state index in [1.807, 2.05) is 6.92 Å². The fourth-order valence-electron chi connectivity index (χ4n) is 2.43. The van der Waals surface area contributed by atoms with Crippen LogP contribution in [-0.4, -0.2) is 30.3 Å². The summed E-state index contributed by atoms with van der Waals surface area (Å²) in [5.74, 6) is -1.58. The Kier molecular flexibility index (Phi) is 7.47. The minimum atomic E-state index is -0.584. The highest BCUT2D eigenvalue weighted by atomic mass is 32.1. The van der Waals surface area contributed by atoms with E-state index in [4.69, 9.17) is 21.7 Å². The molecule has 0 amide bonds. The van der Waals surface area contributed by atoms with Crippen molar-refractivity contribution >= 4 is 51.3 Å². The first-order chi connectivity index (χ1) is 13.3. The normalized spacial score (nSPS) is 10.3. The van der Waals surface area contributed by atoms with Crippen LogP contribution in [0.2, 0.25) is 0 Å². The van der Waals surface area contributed by atoms with Gasteiger partial charge < -0.3 is 20.1 Å². The van der Waals surface area contributed by atoms with Gasteiger partial charge in [0, 0.05) is 0 Å². The Labute approximate surface area is 172 Å². The largest absolute Gasteiger partial charge is 0.462 e. The van der Waals surface area contributed by atoms with Crippen LogP contribution in [0.15, 0.2) is 18.2 Å². The molecule has 0 spiro atoms. The Morgan fingerprint density at radius 3 is 2.39 bits per heavy atom. The molecule has 0 saturated carbocycles. The van der Waals surface area contributed by atoms with Gasteiger partial charge in [-0.1, -0.05) is 6.07 Å². The van der Waals surface area contributed by atoms with Gasteiger partial charge in [0.25, 0.3) is 0 Å². The lowest BCUT2D eigenvalue weighted by molar-refractivity contribution is 0.0527. The highest BCUT2D eigenvalue weighted by Gasteiger charge is 2.27. The summed E-state index contributed by atoms with van der Waals surface area (Å²) in [5, 5.41) is 6.03. The second-order valence-corrected chi connectivity index (χ2v) is 7.19. The molecule has 0 bridgehead atoms. The predicted octanol–water partition coefficient (Wildman–Crippen LogP) is 4.67. The molecule has 28 heavy (non-hydrogen) atoms. The summed E-state index contributed by atoms with van der Waals surface area (Å²) >= 11 is 6.28. The lowest BCUT2D eigenvalue weighted by Crippen LogP contribution is -2.21. The van der Waals surface area contributed by atoms with E-state index in [1.54, 1.807) is 32.9 Å². The number of carbonyl (C=O) groups is 2. The van der Waals surface area contributed by atoms with Gasteiger partial charge in [0.1, 0.15) is 15.7 Å². The average molecular weight is 425 g/mol. The summed E-state index contributed by atoms with van der Waals surface area (Å²) in [4.78, 5) is 24.8. The predicted molar refractivity (Wildman–Crippen MR) is 112 cm³/mol. The Morgan fingerprint density at radius 2 is 1.75 bits per heavy atom. The number of ether oxygens (including phenoxy) is 2. The number of carbonyl (C=O) groups excluding carboxylic acids is 2. The molecule has 6 nitrogen and oxygen atoms in total. The number of thiocarbonyl (C=S) groups is 1. The second-order valence-electron chi connectivity index (χ2n) is 5.76. The zero-order valence-electron chi connectivity index (χ0n) is 16.0. The first-order valence-electron chi connectivity index (χ1n) is 8.60. The molecule has 1 aromatic carbocycles. The van der Waals surface area contributed by atoms with Gasteiger partial charge in [-0.25, -0.2) is 14.0 Å². The van der Waals surface area contributed by atoms with Crippen molar-refractivity contribution in [1.82, 2.24) is 0 Å². The molecule has 0 aliphatic heterocycles. The van der Waals surface area contributed by atoms with Crippen LogP contribution in [0, 0.1) is 19.7 Å². The van der Waals surface area contributed by atoms with Gasteiger partial charge in [0.15, 0.2) is 5.11 Å². The molecule has 150 valence electrons. The van der Waals surface area contributed by atoms with Crippen molar-refractivity contribution < 1.29 is 23.5 Å². The van der Waals surface area contributed by atoms with Crippen LogP contribution in [0.5, 0.6) is 0 Å². The Morgan fingerprint density at radius 1 is 1.11 bits per heavy atom. The van der Waals surface area contributed by atoms with Crippen molar-refractivity contribution in [3.05, 3.63) is 45.6 Å². The molecule has 2 aromatic rings. The minimum Gasteiger partial charge on any atom is -0.462 e. The first-order valence-corrected chi connectivity index (χ1v) is 9.82. The molecule has 1 heterocycles. The van der Waals surface area contributed by atoms with Crippen molar-refractivity contribution in [2.45, 2.75) is 27.7 Å². The van der Waals surface area contributed by atoms with E-state index >= 15 is 0 Å². The molecule has 0 aliphatic carbocycles. The van der Waals surface area contributed by atoms with Gasteiger partial charge in [-0.2, -0.15) is 0 Å². The highest BCUT2D eigenvalue weighted by molar-refractivity contribution is 7.80.